The Balaban J connectivity index is 1.87. The second-order valence-corrected chi connectivity index (χ2v) is 6.10. The van der Waals surface area contributed by atoms with E-state index in [-0.39, 0.29) is 6.42 Å². The van der Waals surface area contributed by atoms with Crippen LogP contribution in [-0.2, 0) is 6.42 Å². The van der Waals surface area contributed by atoms with Crippen molar-refractivity contribution in [1.82, 2.24) is 9.97 Å². The van der Waals surface area contributed by atoms with Crippen molar-refractivity contribution in [3.63, 3.8) is 0 Å². The number of rotatable bonds is 7. The molecular weight excluding hydrogens is 359 g/mol. The lowest BCUT2D eigenvalue weighted by atomic mass is 10.0. The lowest BCUT2D eigenvalue weighted by Crippen LogP contribution is -2.20. The second-order valence-electron chi connectivity index (χ2n) is 6.10. The zero-order chi connectivity index (χ0) is 20.1. The Bertz CT molecular complexity index is 1020. The number of pyridine rings is 2. The maximum absolute atomic E-state index is 13.6. The quantitative estimate of drug-likeness (QED) is 0.470. The van der Waals surface area contributed by atoms with Crippen molar-refractivity contribution in [2.24, 2.45) is 11.5 Å². The van der Waals surface area contributed by atoms with Crippen LogP contribution in [0.3, 0.4) is 0 Å². The van der Waals surface area contributed by atoms with Gasteiger partial charge in [-0.1, -0.05) is 18.2 Å². The van der Waals surface area contributed by atoms with E-state index < -0.39 is 23.5 Å². The number of aromatic nitrogens is 2. The number of hydrogen-bond donors (Lipinski definition) is 4. The zero-order valence-electron chi connectivity index (χ0n) is 14.9. The van der Waals surface area contributed by atoms with Crippen LogP contribution in [0.4, 0.5) is 15.8 Å². The highest BCUT2D eigenvalue weighted by atomic mass is 19.1. The largest absolute Gasteiger partial charge is 0.364 e. The van der Waals surface area contributed by atoms with Gasteiger partial charge in [-0.05, 0) is 30.3 Å². The molecule has 0 radical (unpaired) electrons. The molecule has 0 bridgehead atoms. The van der Waals surface area contributed by atoms with Crippen molar-refractivity contribution in [3.8, 4) is 0 Å². The minimum atomic E-state index is -0.934. The van der Waals surface area contributed by atoms with Crippen molar-refractivity contribution in [1.29, 1.82) is 5.41 Å². The van der Waals surface area contributed by atoms with E-state index in [4.69, 9.17) is 16.9 Å². The first-order valence-corrected chi connectivity index (χ1v) is 8.52. The summed E-state index contributed by atoms with van der Waals surface area (Å²) in [5.41, 5.74) is 14.2. The molecule has 8 heteroatoms. The fourth-order valence-electron chi connectivity index (χ4n) is 2.79. The molecule has 1 atom stereocenters. The Morgan fingerprint density at radius 2 is 1.93 bits per heavy atom. The Morgan fingerprint density at radius 1 is 1.18 bits per heavy atom. The van der Waals surface area contributed by atoms with Gasteiger partial charge in [0, 0.05) is 35.8 Å². The molecule has 0 aliphatic rings. The molecule has 0 saturated heterocycles. The minimum absolute atomic E-state index is 0.235. The molecule has 3 rings (SSSR count). The second kappa shape index (κ2) is 8.36. The van der Waals surface area contributed by atoms with Crippen LogP contribution < -0.4 is 16.8 Å². The summed E-state index contributed by atoms with van der Waals surface area (Å²) in [5.74, 6) is -1.70. The van der Waals surface area contributed by atoms with Crippen LogP contribution >= 0.6 is 0 Å². The third kappa shape index (κ3) is 4.18. The van der Waals surface area contributed by atoms with E-state index in [1.54, 1.807) is 12.3 Å². The molecule has 2 heterocycles. The number of carbonyl (C=O) groups is 1. The Labute approximate surface area is 161 Å². The number of benzene rings is 1. The van der Waals surface area contributed by atoms with Gasteiger partial charge >= 0.3 is 0 Å². The van der Waals surface area contributed by atoms with Crippen molar-refractivity contribution >= 4 is 23.5 Å². The van der Waals surface area contributed by atoms with Crippen LogP contribution in [0.25, 0.3) is 0 Å². The van der Waals surface area contributed by atoms with Crippen molar-refractivity contribution < 1.29 is 9.18 Å². The predicted molar refractivity (Wildman–Crippen MR) is 105 cm³/mol. The minimum Gasteiger partial charge on any atom is -0.364 e. The Morgan fingerprint density at radius 3 is 2.68 bits per heavy atom. The Kier molecular flexibility index (Phi) is 5.71. The Hall–Kier alpha value is -3.65. The molecule has 1 amide bonds. The van der Waals surface area contributed by atoms with E-state index in [9.17, 15) is 9.18 Å². The number of primary amides is 1. The third-order valence-corrected chi connectivity index (χ3v) is 4.14. The van der Waals surface area contributed by atoms with Gasteiger partial charge in [0.2, 0.25) is 0 Å². The highest BCUT2D eigenvalue weighted by molar-refractivity contribution is 5.91. The average Bonchev–Trinajstić information content (AvgIpc) is 2.70. The molecule has 0 fully saturated rings. The van der Waals surface area contributed by atoms with Gasteiger partial charge in [-0.15, -0.1) is 0 Å². The summed E-state index contributed by atoms with van der Waals surface area (Å²) in [4.78, 5) is 19.6. The lowest BCUT2D eigenvalue weighted by Gasteiger charge is -2.17. The van der Waals surface area contributed by atoms with Gasteiger partial charge in [0.05, 0.1) is 17.4 Å². The van der Waals surface area contributed by atoms with Gasteiger partial charge in [0.15, 0.2) is 11.5 Å². The summed E-state index contributed by atoms with van der Waals surface area (Å²) in [6, 6.07) is 13.0. The van der Waals surface area contributed by atoms with E-state index >= 15 is 0 Å². The topological polar surface area (TPSA) is 131 Å². The van der Waals surface area contributed by atoms with Crippen molar-refractivity contribution in [3.05, 3.63) is 83.2 Å². The number of anilines is 2. The highest BCUT2D eigenvalue weighted by Crippen LogP contribution is 2.26. The van der Waals surface area contributed by atoms with E-state index in [1.165, 1.54) is 12.3 Å². The highest BCUT2D eigenvalue weighted by Gasteiger charge is 2.17. The maximum atomic E-state index is 13.6. The van der Waals surface area contributed by atoms with Gasteiger partial charge in [0.1, 0.15) is 0 Å². The van der Waals surface area contributed by atoms with Crippen LogP contribution in [0.5, 0.6) is 0 Å². The molecule has 0 aliphatic heterocycles. The van der Waals surface area contributed by atoms with E-state index in [1.807, 2.05) is 30.3 Å². The molecule has 0 unspecified atom stereocenters. The number of halogens is 1. The van der Waals surface area contributed by atoms with Gasteiger partial charge in [-0.2, -0.15) is 0 Å². The molecule has 3 aromatic rings. The van der Waals surface area contributed by atoms with Crippen LogP contribution in [0.2, 0.25) is 0 Å². The van der Waals surface area contributed by atoms with Crippen molar-refractivity contribution in [2.45, 2.75) is 12.5 Å². The predicted octanol–water partition coefficient (Wildman–Crippen LogP) is 2.70. The SMILES string of the molecule is N=Cc1ccccc1Nc1cccnc1[C@@H](N)Cc1ccc(F)c(C(N)=O)n1. The number of para-hydroxylation sites is 1. The molecule has 142 valence electrons. The molecule has 6 N–H and O–H groups in total. The van der Waals surface area contributed by atoms with E-state index in [2.05, 4.69) is 15.3 Å². The molecule has 2 aromatic heterocycles. The third-order valence-electron chi connectivity index (χ3n) is 4.14. The smallest absolute Gasteiger partial charge is 0.270 e. The summed E-state index contributed by atoms with van der Waals surface area (Å²) in [5, 5.41) is 10.8. The van der Waals surface area contributed by atoms with Gasteiger partial charge in [-0.25, -0.2) is 9.37 Å². The lowest BCUT2D eigenvalue weighted by molar-refractivity contribution is 0.0991. The normalized spacial score (nSPS) is 11.6. The summed E-state index contributed by atoms with van der Waals surface area (Å²) >= 11 is 0. The molecule has 7 nitrogen and oxygen atoms in total. The molecule has 1 aromatic carbocycles. The molecule has 0 aliphatic carbocycles. The number of nitrogens with two attached hydrogens (primary N) is 2. The number of nitrogens with one attached hydrogen (secondary N) is 2. The van der Waals surface area contributed by atoms with E-state index in [0.717, 1.165) is 17.3 Å². The monoisotopic (exact) mass is 378 g/mol. The zero-order valence-corrected chi connectivity index (χ0v) is 14.9. The van der Waals surface area contributed by atoms with Gasteiger partial charge in [0.25, 0.3) is 5.91 Å². The first-order chi connectivity index (χ1) is 13.5. The van der Waals surface area contributed by atoms with Gasteiger partial charge < -0.3 is 22.2 Å². The van der Waals surface area contributed by atoms with Gasteiger partial charge in [-0.3, -0.25) is 9.78 Å². The number of carbonyl (C=O) groups excluding carboxylic acids is 1. The van der Waals surface area contributed by atoms with Crippen LogP contribution in [0.15, 0.2) is 54.7 Å². The molecule has 0 saturated carbocycles. The first-order valence-electron chi connectivity index (χ1n) is 8.52. The van der Waals surface area contributed by atoms with Crippen molar-refractivity contribution in [2.75, 3.05) is 5.32 Å². The first kappa shape index (κ1) is 19.1. The molecule has 28 heavy (non-hydrogen) atoms. The molecular formula is C20H19FN6O. The van der Waals surface area contributed by atoms with Crippen LogP contribution in [0.1, 0.15) is 33.5 Å². The summed E-state index contributed by atoms with van der Waals surface area (Å²) in [6.07, 6.45) is 3.11. The number of amides is 1. The fraction of sp³-hybridized carbons (Fsp3) is 0.100. The summed E-state index contributed by atoms with van der Waals surface area (Å²) in [6.45, 7) is 0. The van der Waals surface area contributed by atoms with Crippen LogP contribution in [-0.4, -0.2) is 22.1 Å². The summed E-state index contributed by atoms with van der Waals surface area (Å²) in [7, 11) is 0. The average molecular weight is 378 g/mol. The number of hydrogen-bond acceptors (Lipinski definition) is 6. The number of nitrogens with zero attached hydrogens (tertiary/aromatic N) is 2. The maximum Gasteiger partial charge on any atom is 0.270 e. The fourth-order valence-corrected chi connectivity index (χ4v) is 2.79. The summed E-state index contributed by atoms with van der Waals surface area (Å²) < 4.78 is 13.6. The van der Waals surface area contributed by atoms with E-state index in [0.29, 0.717) is 17.1 Å². The standard InChI is InChI=1S/C20H19FN6O/c21-14-8-7-13(26-18(14)20(24)28)10-15(23)19-17(6-3-9-25-19)27-16-5-2-1-4-12(16)11-22/h1-9,11,15,22,27H,10,23H2,(H2,24,28)/t15-/m0/s1. The van der Waals surface area contributed by atoms with Crippen LogP contribution in [0, 0.1) is 11.2 Å². The molecule has 0 spiro atoms.